The number of nitrogens with one attached hydrogen (secondary N) is 7. The van der Waals surface area contributed by atoms with E-state index in [0.29, 0.717) is 11.1 Å². The third kappa shape index (κ3) is 11.4. The zero-order valence-corrected chi connectivity index (χ0v) is 30.3. The molecule has 0 fully saturated rings. The number of hydrogen-bond donors (Lipinski definition) is 11. The lowest BCUT2D eigenvalue weighted by molar-refractivity contribution is -0.142. The van der Waals surface area contributed by atoms with Crippen LogP contribution in [0.1, 0.15) is 37.8 Å². The van der Waals surface area contributed by atoms with Gasteiger partial charge in [-0.2, -0.15) is 0 Å². The third-order valence-corrected chi connectivity index (χ3v) is 8.96. The Morgan fingerprint density at radius 2 is 1.24 bits per heavy atom. The smallest absolute Gasteiger partial charge is 0.326 e. The normalized spacial score (nSPS) is 14.0. The molecule has 4 aromatic rings. The van der Waals surface area contributed by atoms with Gasteiger partial charge in [-0.05, 0) is 35.6 Å². The van der Waals surface area contributed by atoms with Gasteiger partial charge in [-0.1, -0.05) is 50.2 Å². The first-order valence-electron chi connectivity index (χ1n) is 17.6. The number of carboxylic acids is 2. The number of nitrogens with two attached hydrogens (primary N) is 1. The van der Waals surface area contributed by atoms with Gasteiger partial charge in [0.05, 0.1) is 19.2 Å². The minimum Gasteiger partial charge on any atom is -0.481 e. The van der Waals surface area contributed by atoms with E-state index in [9.17, 15) is 43.8 Å². The lowest BCUT2D eigenvalue weighted by Crippen LogP contribution is -2.59. The lowest BCUT2D eigenvalue weighted by Gasteiger charge is -2.27. The summed E-state index contributed by atoms with van der Waals surface area (Å²) in [6, 6.07) is 7.96. The van der Waals surface area contributed by atoms with Crippen molar-refractivity contribution in [1.29, 1.82) is 0 Å². The predicted molar refractivity (Wildman–Crippen MR) is 199 cm³/mol. The maximum absolute atomic E-state index is 13.9. The summed E-state index contributed by atoms with van der Waals surface area (Å²) >= 11 is 0. The Balaban J connectivity index is 1.46. The number of rotatable bonds is 20. The summed E-state index contributed by atoms with van der Waals surface area (Å²) in [4.78, 5) is 95.0. The molecule has 0 saturated heterocycles. The number of aliphatic hydroxyl groups is 1. The second-order valence-corrected chi connectivity index (χ2v) is 13.4. The van der Waals surface area contributed by atoms with Crippen LogP contribution in [0.4, 0.5) is 0 Å². The number of para-hydroxylation sites is 2. The highest BCUT2D eigenvalue weighted by atomic mass is 16.4. The Kier molecular flexibility index (Phi) is 14.5. The zero-order chi connectivity index (χ0) is 40.2. The van der Waals surface area contributed by atoms with Crippen molar-refractivity contribution < 1.29 is 48.9 Å². The molecule has 0 radical (unpaired) electrons. The number of carboxylic acid groups (broad SMARTS) is 2. The Hall–Kier alpha value is -6.27. The first-order valence-corrected chi connectivity index (χ1v) is 17.6. The molecule has 0 aliphatic carbocycles. The second kappa shape index (κ2) is 19.2. The summed E-state index contributed by atoms with van der Waals surface area (Å²) in [7, 11) is 0. The Morgan fingerprint density at radius 3 is 1.76 bits per heavy atom. The molecule has 0 spiro atoms. The second-order valence-electron chi connectivity index (χ2n) is 13.4. The summed E-state index contributed by atoms with van der Waals surface area (Å²) < 4.78 is 0. The van der Waals surface area contributed by atoms with Gasteiger partial charge in [-0.3, -0.25) is 28.8 Å². The SMILES string of the molecule is CC(C)[C@H](NC(=O)[C@H](Cc1c[nH]c2ccccc12)NC(=O)CNC(=O)[C@H](CO)NC(=O)[C@@H](N)CCC(=O)O)C(=O)N[C@@H](Cc1c[nH]c2ccccc12)C(=O)O. The number of aliphatic carboxylic acids is 2. The highest BCUT2D eigenvalue weighted by Crippen LogP contribution is 2.21. The summed E-state index contributed by atoms with van der Waals surface area (Å²) in [5.74, 6) is -7.14. The molecule has 294 valence electrons. The zero-order valence-electron chi connectivity index (χ0n) is 30.3. The number of carbonyl (C=O) groups excluding carboxylic acids is 5. The summed E-state index contributed by atoms with van der Waals surface area (Å²) in [6.45, 7) is 1.78. The van der Waals surface area contributed by atoms with E-state index in [1.54, 1.807) is 32.3 Å². The molecule has 0 unspecified atom stereocenters. The molecule has 2 heterocycles. The van der Waals surface area contributed by atoms with Crippen molar-refractivity contribution in [2.45, 2.75) is 69.7 Å². The Morgan fingerprint density at radius 1 is 0.691 bits per heavy atom. The van der Waals surface area contributed by atoms with E-state index in [1.807, 2.05) is 42.5 Å². The van der Waals surface area contributed by atoms with E-state index < -0.39 is 97.2 Å². The van der Waals surface area contributed by atoms with Crippen LogP contribution in [0.3, 0.4) is 0 Å². The Bertz CT molecular complexity index is 2020. The molecule has 0 saturated carbocycles. The fourth-order valence-corrected chi connectivity index (χ4v) is 5.92. The van der Waals surface area contributed by atoms with Crippen molar-refractivity contribution in [3.05, 3.63) is 72.1 Å². The molecule has 0 aliphatic rings. The minimum absolute atomic E-state index is 0.0346. The number of aromatic nitrogens is 2. The van der Waals surface area contributed by atoms with Crippen molar-refractivity contribution in [3.8, 4) is 0 Å². The molecule has 18 nitrogen and oxygen atoms in total. The largest absolute Gasteiger partial charge is 0.481 e. The number of H-pyrrole nitrogens is 2. The first kappa shape index (κ1) is 41.5. The van der Waals surface area contributed by atoms with Gasteiger partial charge in [0.1, 0.15) is 24.2 Å². The number of aliphatic hydroxyl groups excluding tert-OH is 1. The molecular weight excluding hydrogens is 716 g/mol. The average Bonchev–Trinajstić information content (AvgIpc) is 3.76. The van der Waals surface area contributed by atoms with E-state index >= 15 is 0 Å². The third-order valence-electron chi connectivity index (χ3n) is 8.96. The fourth-order valence-electron chi connectivity index (χ4n) is 5.92. The van der Waals surface area contributed by atoms with Crippen LogP contribution in [0.15, 0.2) is 60.9 Å². The molecule has 4 rings (SSSR count). The highest BCUT2D eigenvalue weighted by Gasteiger charge is 2.32. The van der Waals surface area contributed by atoms with Gasteiger partial charge in [0.2, 0.25) is 29.5 Å². The van der Waals surface area contributed by atoms with Crippen molar-refractivity contribution in [3.63, 3.8) is 0 Å². The van der Waals surface area contributed by atoms with Gasteiger partial charge in [-0.15, -0.1) is 0 Å². The maximum Gasteiger partial charge on any atom is 0.326 e. The van der Waals surface area contributed by atoms with Crippen molar-refractivity contribution in [2.24, 2.45) is 11.7 Å². The molecule has 2 aromatic carbocycles. The van der Waals surface area contributed by atoms with Gasteiger partial charge in [0.25, 0.3) is 0 Å². The van der Waals surface area contributed by atoms with Crippen molar-refractivity contribution >= 4 is 63.3 Å². The Labute approximate surface area is 315 Å². The fraction of sp³-hybridized carbons (Fsp3) is 0.378. The van der Waals surface area contributed by atoms with E-state index in [0.717, 1.165) is 21.8 Å². The van der Waals surface area contributed by atoms with Crippen LogP contribution in [0.5, 0.6) is 0 Å². The number of amides is 5. The van der Waals surface area contributed by atoms with E-state index in [2.05, 4.69) is 36.6 Å². The maximum atomic E-state index is 13.9. The molecule has 18 heteroatoms. The lowest BCUT2D eigenvalue weighted by atomic mass is 9.99. The topological polar surface area (TPSA) is 298 Å². The van der Waals surface area contributed by atoms with Gasteiger partial charge in [0.15, 0.2) is 0 Å². The molecule has 0 bridgehead atoms. The molecular formula is C37H46N8O10. The monoisotopic (exact) mass is 762 g/mol. The van der Waals surface area contributed by atoms with Crippen LogP contribution >= 0.6 is 0 Å². The van der Waals surface area contributed by atoms with E-state index in [4.69, 9.17) is 10.8 Å². The van der Waals surface area contributed by atoms with Crippen molar-refractivity contribution in [2.75, 3.05) is 13.2 Å². The van der Waals surface area contributed by atoms with E-state index in [-0.39, 0.29) is 19.3 Å². The molecule has 5 amide bonds. The highest BCUT2D eigenvalue weighted by molar-refractivity contribution is 5.96. The first-order chi connectivity index (χ1) is 26.2. The van der Waals surface area contributed by atoms with Crippen LogP contribution in [-0.4, -0.2) is 110 Å². The molecule has 5 atom stereocenters. The van der Waals surface area contributed by atoms with Crippen LogP contribution in [0.2, 0.25) is 0 Å². The summed E-state index contributed by atoms with van der Waals surface area (Å²) in [5, 5.41) is 42.3. The summed E-state index contributed by atoms with van der Waals surface area (Å²) in [6.07, 6.45) is 2.65. The molecule has 12 N–H and O–H groups in total. The van der Waals surface area contributed by atoms with Crippen molar-refractivity contribution in [1.82, 2.24) is 36.6 Å². The average molecular weight is 763 g/mol. The molecule has 55 heavy (non-hydrogen) atoms. The number of hydrogen-bond acceptors (Lipinski definition) is 9. The molecule has 0 aliphatic heterocycles. The number of carbonyl (C=O) groups is 7. The number of aromatic amines is 2. The number of benzene rings is 2. The van der Waals surface area contributed by atoms with Crippen LogP contribution in [0, 0.1) is 5.92 Å². The van der Waals surface area contributed by atoms with E-state index in [1.165, 1.54) is 0 Å². The van der Waals surface area contributed by atoms with Gasteiger partial charge in [0, 0.05) is 53.5 Å². The van der Waals surface area contributed by atoms with Crippen LogP contribution in [0.25, 0.3) is 21.8 Å². The predicted octanol–water partition coefficient (Wildman–Crippen LogP) is -0.585. The molecule has 2 aromatic heterocycles. The minimum atomic E-state index is -1.52. The van der Waals surface area contributed by atoms with Gasteiger partial charge < -0.3 is 57.6 Å². The van der Waals surface area contributed by atoms with Gasteiger partial charge >= 0.3 is 11.9 Å². The standard InChI is InChI=1S/C37H46N8O10/c1-19(2)32(36(53)43-28(37(54)55)14-21-16-40-26-10-6-4-8-23(21)26)45-35(52)27(13-20-15-39-25-9-5-3-7-22(20)25)42-30(47)17-41-34(51)29(18-46)44-33(50)24(38)11-12-31(48)49/h3-10,15-16,19,24,27-29,32,39-40,46H,11-14,17-18,38H2,1-2H3,(H,41,51)(H,42,47)(H,43,53)(H,44,50)(H,45,52)(H,48,49)(H,54,55)/t24-,27-,28-,29-,32-/m0/s1. The number of fused-ring (bicyclic) bond motifs is 2. The van der Waals surface area contributed by atoms with Gasteiger partial charge in [-0.25, -0.2) is 4.79 Å². The summed E-state index contributed by atoms with van der Waals surface area (Å²) in [5.41, 5.74) is 8.57. The quantitative estimate of drug-likeness (QED) is 0.0541. The van der Waals surface area contributed by atoms with Crippen LogP contribution < -0.4 is 32.3 Å². The van der Waals surface area contributed by atoms with Crippen LogP contribution in [-0.2, 0) is 46.4 Å².